The molecule has 0 bridgehead atoms. The van der Waals surface area contributed by atoms with Gasteiger partial charge in [0, 0.05) is 18.7 Å². The molecule has 0 unspecified atom stereocenters. The minimum atomic E-state index is -0.854. The third-order valence-corrected chi connectivity index (χ3v) is 4.88. The van der Waals surface area contributed by atoms with E-state index in [9.17, 15) is 18.8 Å². The van der Waals surface area contributed by atoms with Crippen LogP contribution in [0.5, 0.6) is 11.5 Å². The van der Waals surface area contributed by atoms with Crippen LogP contribution in [0.15, 0.2) is 42.5 Å². The predicted octanol–water partition coefficient (Wildman–Crippen LogP) is 0.785. The van der Waals surface area contributed by atoms with E-state index in [1.54, 1.807) is 18.2 Å². The maximum atomic E-state index is 12.9. The molecule has 2 aliphatic heterocycles. The van der Waals surface area contributed by atoms with Gasteiger partial charge in [-0.2, -0.15) is 0 Å². The normalized spacial score (nSPS) is 16.8. The van der Waals surface area contributed by atoms with Crippen LogP contribution in [-0.2, 0) is 20.9 Å². The zero-order valence-electron chi connectivity index (χ0n) is 16.4. The van der Waals surface area contributed by atoms with Crippen LogP contribution in [0.1, 0.15) is 15.9 Å². The number of hydrogen-bond acceptors (Lipinski definition) is 6. The van der Waals surface area contributed by atoms with Crippen LogP contribution in [-0.4, -0.2) is 55.3 Å². The number of hydrogen-bond donors (Lipinski definition) is 2. The fourth-order valence-electron chi connectivity index (χ4n) is 3.24. The summed E-state index contributed by atoms with van der Waals surface area (Å²) in [6.07, 6.45) is -0.702. The molecule has 162 valence electrons. The molecule has 1 fully saturated rings. The lowest BCUT2D eigenvalue weighted by Crippen LogP contribution is -2.47. The number of carbonyl (C=O) groups is 3. The lowest BCUT2D eigenvalue weighted by Gasteiger charge is -2.23. The molecule has 0 spiro atoms. The van der Waals surface area contributed by atoms with Gasteiger partial charge in [-0.1, -0.05) is 12.1 Å². The highest BCUT2D eigenvalue weighted by Crippen LogP contribution is 2.33. The summed E-state index contributed by atoms with van der Waals surface area (Å²) in [5, 5.41) is 4.93. The first-order valence-corrected chi connectivity index (χ1v) is 9.64. The van der Waals surface area contributed by atoms with E-state index in [-0.39, 0.29) is 31.6 Å². The second-order valence-electron chi connectivity index (χ2n) is 6.91. The first-order chi connectivity index (χ1) is 15.0. The Bertz CT molecular complexity index is 997. The fourth-order valence-corrected chi connectivity index (χ4v) is 3.24. The van der Waals surface area contributed by atoms with Gasteiger partial charge in [0.05, 0.1) is 13.2 Å². The van der Waals surface area contributed by atoms with Crippen molar-refractivity contribution in [2.24, 2.45) is 0 Å². The number of nitrogens with zero attached hydrogens (tertiary/aromatic N) is 1. The Labute approximate surface area is 177 Å². The highest BCUT2D eigenvalue weighted by Gasteiger charge is 2.32. The summed E-state index contributed by atoms with van der Waals surface area (Å²) in [6, 6.07) is 10.5. The van der Waals surface area contributed by atoms with E-state index in [4.69, 9.17) is 14.2 Å². The van der Waals surface area contributed by atoms with E-state index in [0.29, 0.717) is 35.8 Å². The summed E-state index contributed by atoms with van der Waals surface area (Å²) < 4.78 is 29.0. The van der Waals surface area contributed by atoms with Gasteiger partial charge in [-0.05, 0) is 35.9 Å². The van der Waals surface area contributed by atoms with Gasteiger partial charge in [0.2, 0.25) is 6.79 Å². The van der Waals surface area contributed by atoms with Crippen LogP contribution in [0, 0.1) is 5.82 Å². The molecular formula is C21H20FN3O6. The van der Waals surface area contributed by atoms with Gasteiger partial charge in [-0.15, -0.1) is 0 Å². The monoisotopic (exact) mass is 429 g/mol. The van der Waals surface area contributed by atoms with Crippen LogP contribution in [0.25, 0.3) is 0 Å². The van der Waals surface area contributed by atoms with E-state index in [0.717, 1.165) is 0 Å². The van der Waals surface area contributed by atoms with Gasteiger partial charge in [0.25, 0.3) is 5.91 Å². The number of carbonyl (C=O) groups excluding carboxylic acids is 3. The standard InChI is InChI=1S/C21H20FN3O6/c22-15-4-1-13(2-5-15)10-23-19(26)20(27)24-11-18-25(7-8-29-18)21(28)14-3-6-16-17(9-14)31-12-30-16/h1-6,9,18H,7-8,10-12H2,(H,23,26)(H,24,27)/t18-/m1/s1. The van der Waals surface area contributed by atoms with Crippen LogP contribution in [0.4, 0.5) is 4.39 Å². The van der Waals surface area contributed by atoms with Gasteiger partial charge in [0.1, 0.15) is 12.0 Å². The Morgan fingerprint density at radius 1 is 1.00 bits per heavy atom. The quantitative estimate of drug-likeness (QED) is 0.681. The molecule has 0 aliphatic carbocycles. The molecular weight excluding hydrogens is 409 g/mol. The molecule has 31 heavy (non-hydrogen) atoms. The molecule has 0 saturated carbocycles. The molecule has 3 amide bonds. The molecule has 2 aromatic rings. The Morgan fingerprint density at radius 3 is 2.55 bits per heavy atom. The van der Waals surface area contributed by atoms with Crippen molar-refractivity contribution in [3.8, 4) is 11.5 Å². The minimum Gasteiger partial charge on any atom is -0.454 e. The van der Waals surface area contributed by atoms with Gasteiger partial charge >= 0.3 is 11.8 Å². The largest absolute Gasteiger partial charge is 0.454 e. The summed E-state index contributed by atoms with van der Waals surface area (Å²) in [5.41, 5.74) is 1.06. The van der Waals surface area contributed by atoms with Gasteiger partial charge in [0.15, 0.2) is 11.5 Å². The van der Waals surface area contributed by atoms with Crippen LogP contribution >= 0.6 is 0 Å². The Morgan fingerprint density at radius 2 is 1.74 bits per heavy atom. The van der Waals surface area contributed by atoms with Crippen LogP contribution < -0.4 is 20.1 Å². The molecule has 10 heteroatoms. The molecule has 0 radical (unpaired) electrons. The van der Waals surface area contributed by atoms with E-state index in [1.165, 1.54) is 29.2 Å². The van der Waals surface area contributed by atoms with Gasteiger partial charge in [-0.25, -0.2) is 4.39 Å². The average Bonchev–Trinajstić information content (AvgIpc) is 3.45. The molecule has 0 aromatic heterocycles. The molecule has 2 aromatic carbocycles. The Balaban J connectivity index is 1.29. The third kappa shape index (κ3) is 4.75. The fraction of sp³-hybridized carbons (Fsp3) is 0.286. The first kappa shape index (κ1) is 20.6. The lowest BCUT2D eigenvalue weighted by atomic mass is 10.1. The van der Waals surface area contributed by atoms with Crippen molar-refractivity contribution in [2.75, 3.05) is 26.5 Å². The second-order valence-corrected chi connectivity index (χ2v) is 6.91. The van der Waals surface area contributed by atoms with Crippen LogP contribution in [0.2, 0.25) is 0 Å². The molecule has 2 N–H and O–H groups in total. The molecule has 1 atom stereocenters. The summed E-state index contributed by atoms with van der Waals surface area (Å²) in [6.45, 7) is 0.816. The van der Waals surface area contributed by atoms with Crippen molar-refractivity contribution in [3.05, 3.63) is 59.4 Å². The average molecular weight is 429 g/mol. The van der Waals surface area contributed by atoms with Gasteiger partial charge < -0.3 is 29.7 Å². The Hall–Kier alpha value is -3.66. The number of rotatable bonds is 5. The van der Waals surface area contributed by atoms with Crippen molar-refractivity contribution >= 4 is 17.7 Å². The van der Waals surface area contributed by atoms with Crippen molar-refractivity contribution in [1.29, 1.82) is 0 Å². The highest BCUT2D eigenvalue weighted by molar-refractivity contribution is 6.35. The lowest BCUT2D eigenvalue weighted by molar-refractivity contribution is -0.139. The number of benzene rings is 2. The number of ether oxygens (including phenoxy) is 3. The second kappa shape index (κ2) is 9.00. The summed E-state index contributed by atoms with van der Waals surface area (Å²) in [5.74, 6) is -1.29. The SMILES string of the molecule is O=C(NCc1ccc(F)cc1)C(=O)NC[C@H]1OCCN1C(=O)c1ccc2c(c1)OCO2. The maximum absolute atomic E-state index is 12.9. The number of halogens is 1. The van der Waals surface area contributed by atoms with E-state index >= 15 is 0 Å². The summed E-state index contributed by atoms with van der Waals surface area (Å²) in [7, 11) is 0. The molecule has 2 aliphatic rings. The maximum Gasteiger partial charge on any atom is 0.309 e. The smallest absolute Gasteiger partial charge is 0.309 e. The molecule has 9 nitrogen and oxygen atoms in total. The van der Waals surface area contributed by atoms with Crippen LogP contribution in [0.3, 0.4) is 0 Å². The topological polar surface area (TPSA) is 106 Å². The molecule has 4 rings (SSSR count). The minimum absolute atomic E-state index is 0.0426. The van der Waals surface area contributed by atoms with E-state index in [1.807, 2.05) is 0 Å². The summed E-state index contributed by atoms with van der Waals surface area (Å²) in [4.78, 5) is 38.4. The number of fused-ring (bicyclic) bond motifs is 1. The number of amides is 3. The van der Waals surface area contributed by atoms with E-state index in [2.05, 4.69) is 10.6 Å². The highest BCUT2D eigenvalue weighted by atomic mass is 19.1. The van der Waals surface area contributed by atoms with Crippen molar-refractivity contribution < 1.29 is 33.0 Å². The predicted molar refractivity (Wildman–Crippen MR) is 105 cm³/mol. The van der Waals surface area contributed by atoms with Crippen molar-refractivity contribution in [1.82, 2.24) is 15.5 Å². The third-order valence-electron chi connectivity index (χ3n) is 4.88. The Kier molecular flexibility index (Phi) is 5.99. The molecule has 1 saturated heterocycles. The van der Waals surface area contributed by atoms with Crippen molar-refractivity contribution in [2.45, 2.75) is 12.8 Å². The van der Waals surface area contributed by atoms with Crippen molar-refractivity contribution in [3.63, 3.8) is 0 Å². The first-order valence-electron chi connectivity index (χ1n) is 9.64. The zero-order chi connectivity index (χ0) is 21.8. The molecule has 2 heterocycles. The summed E-state index contributed by atoms with van der Waals surface area (Å²) >= 11 is 0. The van der Waals surface area contributed by atoms with E-state index < -0.39 is 18.0 Å². The zero-order valence-corrected chi connectivity index (χ0v) is 16.4. The number of nitrogens with one attached hydrogen (secondary N) is 2. The van der Waals surface area contributed by atoms with Gasteiger partial charge in [-0.3, -0.25) is 14.4 Å².